The average molecular weight is 357 g/mol. The van der Waals surface area contributed by atoms with E-state index in [0.29, 0.717) is 45.6 Å². The van der Waals surface area contributed by atoms with Gasteiger partial charge in [-0.25, -0.2) is 13.1 Å². The third-order valence-electron chi connectivity index (χ3n) is 4.89. The third-order valence-corrected chi connectivity index (χ3v) is 5.58. The van der Waals surface area contributed by atoms with E-state index in [2.05, 4.69) is 11.3 Å². The quantitative estimate of drug-likeness (QED) is 0.712. The fourth-order valence-corrected chi connectivity index (χ4v) is 3.90. The monoisotopic (exact) mass is 357 g/mol. The standard InChI is InChI=1S/C16H27N3O4S/c1-3-15(20)18-10-6-14(7-11-18)16(21)19-8-4-13(5-9-19)12-17-24(2,22)23/h3,13-14,17H,1,4-12H2,2H3. The minimum Gasteiger partial charge on any atom is -0.342 e. The SMILES string of the molecule is C=CC(=O)N1CCC(C(=O)N2CCC(CNS(C)(=O)=O)CC2)CC1. The number of nitrogens with one attached hydrogen (secondary N) is 1. The molecule has 2 aliphatic heterocycles. The molecule has 2 rings (SSSR count). The number of carbonyl (C=O) groups excluding carboxylic acids is 2. The van der Waals surface area contributed by atoms with Gasteiger partial charge in [0.05, 0.1) is 6.26 Å². The van der Waals surface area contributed by atoms with Crippen molar-refractivity contribution in [2.75, 3.05) is 39.0 Å². The smallest absolute Gasteiger partial charge is 0.245 e. The van der Waals surface area contributed by atoms with Crippen molar-refractivity contribution in [3.8, 4) is 0 Å². The van der Waals surface area contributed by atoms with E-state index in [0.717, 1.165) is 19.1 Å². The van der Waals surface area contributed by atoms with Crippen LogP contribution in [0.2, 0.25) is 0 Å². The molecule has 1 N–H and O–H groups in total. The van der Waals surface area contributed by atoms with Crippen LogP contribution >= 0.6 is 0 Å². The maximum Gasteiger partial charge on any atom is 0.245 e. The molecule has 0 aromatic rings. The first-order valence-corrected chi connectivity index (χ1v) is 10.3. The second kappa shape index (κ2) is 8.11. The fraction of sp³-hybridized carbons (Fsp3) is 0.750. The summed E-state index contributed by atoms with van der Waals surface area (Å²) >= 11 is 0. The van der Waals surface area contributed by atoms with E-state index in [-0.39, 0.29) is 23.7 Å². The summed E-state index contributed by atoms with van der Waals surface area (Å²) in [6.45, 7) is 6.52. The molecule has 0 bridgehead atoms. The topological polar surface area (TPSA) is 86.8 Å². The molecular weight excluding hydrogens is 330 g/mol. The Hall–Kier alpha value is -1.41. The first kappa shape index (κ1) is 18.9. The van der Waals surface area contributed by atoms with Crippen molar-refractivity contribution < 1.29 is 18.0 Å². The van der Waals surface area contributed by atoms with Gasteiger partial charge in [0.1, 0.15) is 0 Å². The minimum atomic E-state index is -3.15. The Balaban J connectivity index is 1.75. The van der Waals surface area contributed by atoms with Gasteiger partial charge in [-0.2, -0.15) is 0 Å². The van der Waals surface area contributed by atoms with Gasteiger partial charge >= 0.3 is 0 Å². The molecule has 0 aromatic carbocycles. The summed E-state index contributed by atoms with van der Waals surface area (Å²) in [6.07, 6.45) is 5.53. The predicted molar refractivity (Wildman–Crippen MR) is 91.7 cm³/mol. The van der Waals surface area contributed by atoms with Crippen molar-refractivity contribution >= 4 is 21.8 Å². The van der Waals surface area contributed by atoms with Crippen LogP contribution in [0.25, 0.3) is 0 Å². The van der Waals surface area contributed by atoms with Crippen LogP contribution in [0.5, 0.6) is 0 Å². The van der Waals surface area contributed by atoms with Crippen LogP contribution in [-0.2, 0) is 19.6 Å². The van der Waals surface area contributed by atoms with Gasteiger partial charge in [-0.3, -0.25) is 9.59 Å². The number of hydrogen-bond donors (Lipinski definition) is 1. The van der Waals surface area contributed by atoms with Crippen molar-refractivity contribution in [2.24, 2.45) is 11.8 Å². The highest BCUT2D eigenvalue weighted by Gasteiger charge is 2.31. The van der Waals surface area contributed by atoms with Gasteiger partial charge < -0.3 is 9.80 Å². The van der Waals surface area contributed by atoms with Gasteiger partial charge in [0, 0.05) is 38.6 Å². The maximum atomic E-state index is 12.6. The number of hydrogen-bond acceptors (Lipinski definition) is 4. The third kappa shape index (κ3) is 5.31. The molecule has 0 radical (unpaired) electrons. The molecule has 2 aliphatic rings. The lowest BCUT2D eigenvalue weighted by atomic mass is 9.92. The molecule has 0 spiro atoms. The molecule has 7 nitrogen and oxygen atoms in total. The fourth-order valence-electron chi connectivity index (χ4n) is 3.36. The van der Waals surface area contributed by atoms with Gasteiger partial charge in [0.2, 0.25) is 21.8 Å². The van der Waals surface area contributed by atoms with Gasteiger partial charge in [-0.05, 0) is 37.7 Å². The summed E-state index contributed by atoms with van der Waals surface area (Å²) in [5, 5.41) is 0. The van der Waals surface area contributed by atoms with E-state index in [9.17, 15) is 18.0 Å². The molecule has 2 saturated heterocycles. The number of carbonyl (C=O) groups is 2. The highest BCUT2D eigenvalue weighted by atomic mass is 32.2. The van der Waals surface area contributed by atoms with E-state index in [4.69, 9.17) is 0 Å². The zero-order valence-corrected chi connectivity index (χ0v) is 15.1. The molecule has 8 heteroatoms. The second-order valence-electron chi connectivity index (χ2n) is 6.69. The molecule has 2 heterocycles. The summed E-state index contributed by atoms with van der Waals surface area (Å²) < 4.78 is 24.8. The van der Waals surface area contributed by atoms with E-state index < -0.39 is 10.0 Å². The maximum absolute atomic E-state index is 12.6. The molecule has 24 heavy (non-hydrogen) atoms. The summed E-state index contributed by atoms with van der Waals surface area (Å²) in [5.41, 5.74) is 0. The summed E-state index contributed by atoms with van der Waals surface area (Å²) in [7, 11) is -3.15. The van der Waals surface area contributed by atoms with E-state index in [1.807, 2.05) is 4.90 Å². The predicted octanol–water partition coefficient (Wildman–Crippen LogP) is 0.199. The molecule has 2 amide bonds. The molecule has 0 aromatic heterocycles. The lowest BCUT2D eigenvalue weighted by Crippen LogP contribution is -2.47. The van der Waals surface area contributed by atoms with Crippen molar-refractivity contribution in [3.63, 3.8) is 0 Å². The summed E-state index contributed by atoms with van der Waals surface area (Å²) in [6, 6.07) is 0. The van der Waals surface area contributed by atoms with Crippen molar-refractivity contribution in [1.29, 1.82) is 0 Å². The molecule has 2 fully saturated rings. The zero-order valence-electron chi connectivity index (χ0n) is 14.2. The van der Waals surface area contributed by atoms with Crippen molar-refractivity contribution in [3.05, 3.63) is 12.7 Å². The largest absolute Gasteiger partial charge is 0.342 e. The first-order chi connectivity index (χ1) is 11.3. The molecule has 0 atom stereocenters. The summed E-state index contributed by atoms with van der Waals surface area (Å²) in [5.74, 6) is 0.385. The average Bonchev–Trinajstić information content (AvgIpc) is 2.58. The second-order valence-corrected chi connectivity index (χ2v) is 8.53. The van der Waals surface area contributed by atoms with Crippen LogP contribution in [-0.4, -0.2) is 69.0 Å². The zero-order chi connectivity index (χ0) is 17.7. The number of amides is 2. The molecular formula is C16H27N3O4S. The Bertz CT molecular complexity index is 574. The lowest BCUT2D eigenvalue weighted by Gasteiger charge is -2.37. The van der Waals surface area contributed by atoms with E-state index in [1.54, 1.807) is 4.90 Å². The van der Waals surface area contributed by atoms with Crippen LogP contribution in [0.4, 0.5) is 0 Å². The number of likely N-dealkylation sites (tertiary alicyclic amines) is 2. The number of sulfonamides is 1. The molecule has 0 aliphatic carbocycles. The Kier molecular flexibility index (Phi) is 6.40. The van der Waals surface area contributed by atoms with Crippen LogP contribution in [0.3, 0.4) is 0 Å². The normalized spacial score (nSPS) is 20.9. The lowest BCUT2D eigenvalue weighted by molar-refractivity contribution is -0.140. The van der Waals surface area contributed by atoms with Crippen molar-refractivity contribution in [2.45, 2.75) is 25.7 Å². The van der Waals surface area contributed by atoms with Crippen LogP contribution in [0, 0.1) is 11.8 Å². The minimum absolute atomic E-state index is 0.00967. The van der Waals surface area contributed by atoms with Gasteiger partial charge in [0.15, 0.2) is 0 Å². The number of rotatable bonds is 5. The highest BCUT2D eigenvalue weighted by molar-refractivity contribution is 7.88. The van der Waals surface area contributed by atoms with Crippen molar-refractivity contribution in [1.82, 2.24) is 14.5 Å². The Morgan fingerprint density at radius 3 is 2.12 bits per heavy atom. The van der Waals surface area contributed by atoms with Gasteiger partial charge in [0.25, 0.3) is 0 Å². The Labute approximate surface area is 144 Å². The molecule has 0 unspecified atom stereocenters. The van der Waals surface area contributed by atoms with Gasteiger partial charge in [-0.15, -0.1) is 0 Å². The molecule has 0 saturated carbocycles. The van der Waals surface area contributed by atoms with E-state index >= 15 is 0 Å². The number of piperidine rings is 2. The van der Waals surface area contributed by atoms with E-state index in [1.165, 1.54) is 6.08 Å². The van der Waals surface area contributed by atoms with Crippen LogP contribution < -0.4 is 4.72 Å². The number of nitrogens with zero attached hydrogens (tertiary/aromatic N) is 2. The Morgan fingerprint density at radius 2 is 1.62 bits per heavy atom. The Morgan fingerprint density at radius 1 is 1.08 bits per heavy atom. The van der Waals surface area contributed by atoms with Crippen LogP contribution in [0.15, 0.2) is 12.7 Å². The summed E-state index contributed by atoms with van der Waals surface area (Å²) in [4.78, 5) is 27.8. The first-order valence-electron chi connectivity index (χ1n) is 8.45. The highest BCUT2D eigenvalue weighted by Crippen LogP contribution is 2.23. The molecule has 136 valence electrons. The van der Waals surface area contributed by atoms with Gasteiger partial charge in [-0.1, -0.05) is 6.58 Å². The van der Waals surface area contributed by atoms with Crippen LogP contribution in [0.1, 0.15) is 25.7 Å².